The van der Waals surface area contributed by atoms with Crippen LogP contribution < -0.4 is 5.32 Å². The molecule has 17 heavy (non-hydrogen) atoms. The quantitative estimate of drug-likeness (QED) is 0.783. The number of hydrogen-bond acceptors (Lipinski definition) is 4. The normalized spacial score (nSPS) is 14.0. The zero-order valence-corrected chi connectivity index (χ0v) is 10.4. The van der Waals surface area contributed by atoms with Gasteiger partial charge in [-0.1, -0.05) is 13.3 Å². The average Bonchev–Trinajstić information content (AvgIpc) is 2.29. The van der Waals surface area contributed by atoms with Crippen LogP contribution in [0, 0.1) is 11.3 Å². The highest BCUT2D eigenvalue weighted by atomic mass is 16.3. The number of rotatable bonds is 6. The van der Waals surface area contributed by atoms with E-state index in [1.807, 2.05) is 19.1 Å². The number of nitrogens with one attached hydrogen (secondary N) is 1. The topological polar surface area (TPSA) is 68.9 Å². The van der Waals surface area contributed by atoms with Gasteiger partial charge in [0, 0.05) is 19.3 Å². The molecule has 4 nitrogen and oxygen atoms in total. The van der Waals surface area contributed by atoms with E-state index in [1.165, 1.54) is 0 Å². The van der Waals surface area contributed by atoms with Crippen LogP contribution >= 0.6 is 0 Å². The fourth-order valence-electron chi connectivity index (χ4n) is 1.75. The molecule has 0 aliphatic rings. The molecule has 0 fully saturated rings. The van der Waals surface area contributed by atoms with Gasteiger partial charge < -0.3 is 10.4 Å². The van der Waals surface area contributed by atoms with E-state index in [0.29, 0.717) is 18.8 Å². The van der Waals surface area contributed by atoms with Crippen molar-refractivity contribution in [2.75, 3.05) is 6.54 Å². The molecule has 0 aliphatic carbocycles. The van der Waals surface area contributed by atoms with Crippen LogP contribution in [0.1, 0.15) is 37.9 Å². The molecular formula is C13H19N3O. The van der Waals surface area contributed by atoms with Crippen LogP contribution in [0.15, 0.2) is 18.3 Å². The highest BCUT2D eigenvalue weighted by molar-refractivity contribution is 5.25. The second kappa shape index (κ2) is 6.33. The van der Waals surface area contributed by atoms with Crippen LogP contribution in [0.3, 0.4) is 0 Å². The van der Waals surface area contributed by atoms with Crippen LogP contribution in [0.5, 0.6) is 0 Å². The number of nitriles is 1. The summed E-state index contributed by atoms with van der Waals surface area (Å²) in [5.41, 5.74) is 0.758. The first-order chi connectivity index (χ1) is 8.07. The summed E-state index contributed by atoms with van der Waals surface area (Å²) in [5, 5.41) is 21.9. The minimum Gasteiger partial charge on any atom is -0.389 e. The second-order valence-corrected chi connectivity index (χ2v) is 4.51. The van der Waals surface area contributed by atoms with E-state index in [9.17, 15) is 5.11 Å². The number of hydrogen-bond donors (Lipinski definition) is 2. The van der Waals surface area contributed by atoms with Crippen molar-refractivity contribution in [3.8, 4) is 6.07 Å². The van der Waals surface area contributed by atoms with Gasteiger partial charge in [0.2, 0.25) is 0 Å². The number of aromatic nitrogens is 1. The van der Waals surface area contributed by atoms with Gasteiger partial charge in [-0.05, 0) is 31.0 Å². The Morgan fingerprint density at radius 2 is 2.35 bits per heavy atom. The summed E-state index contributed by atoms with van der Waals surface area (Å²) in [4.78, 5) is 3.91. The molecule has 0 saturated heterocycles. The van der Waals surface area contributed by atoms with Crippen molar-refractivity contribution in [1.29, 1.82) is 5.26 Å². The SMILES string of the molecule is CCCC(C)(O)CNCc1ccnc(C#N)c1. The Hall–Kier alpha value is -1.44. The third kappa shape index (κ3) is 4.94. The first-order valence-electron chi connectivity index (χ1n) is 5.85. The van der Waals surface area contributed by atoms with E-state index in [1.54, 1.807) is 12.3 Å². The lowest BCUT2D eigenvalue weighted by molar-refractivity contribution is 0.0498. The number of aliphatic hydroxyl groups is 1. The maximum absolute atomic E-state index is 9.97. The highest BCUT2D eigenvalue weighted by Crippen LogP contribution is 2.10. The lowest BCUT2D eigenvalue weighted by atomic mass is 10.0. The van der Waals surface area contributed by atoms with Crippen LogP contribution in [-0.2, 0) is 6.54 Å². The molecule has 1 unspecified atom stereocenters. The van der Waals surface area contributed by atoms with Crippen LogP contribution in [0.25, 0.3) is 0 Å². The Morgan fingerprint density at radius 3 is 3.00 bits per heavy atom. The Bertz CT molecular complexity index is 396. The zero-order chi connectivity index (χ0) is 12.7. The average molecular weight is 233 g/mol. The van der Waals surface area contributed by atoms with Crippen molar-refractivity contribution in [2.24, 2.45) is 0 Å². The summed E-state index contributed by atoms with van der Waals surface area (Å²) >= 11 is 0. The maximum atomic E-state index is 9.97. The largest absolute Gasteiger partial charge is 0.389 e. The molecule has 0 saturated carbocycles. The molecule has 1 atom stereocenters. The molecule has 0 radical (unpaired) electrons. The summed E-state index contributed by atoms with van der Waals surface area (Å²) < 4.78 is 0. The molecule has 0 amide bonds. The monoisotopic (exact) mass is 233 g/mol. The minimum atomic E-state index is -0.667. The van der Waals surface area contributed by atoms with Gasteiger partial charge in [-0.15, -0.1) is 0 Å². The first kappa shape index (κ1) is 13.6. The van der Waals surface area contributed by atoms with E-state index in [4.69, 9.17) is 5.26 Å². The Morgan fingerprint density at radius 1 is 1.59 bits per heavy atom. The maximum Gasteiger partial charge on any atom is 0.140 e. The summed E-state index contributed by atoms with van der Waals surface area (Å²) in [6.07, 6.45) is 3.36. The summed E-state index contributed by atoms with van der Waals surface area (Å²) in [7, 11) is 0. The van der Waals surface area contributed by atoms with Gasteiger partial charge >= 0.3 is 0 Å². The molecule has 92 valence electrons. The predicted octanol–water partition coefficient (Wildman–Crippen LogP) is 1.59. The van der Waals surface area contributed by atoms with Gasteiger partial charge in [0.1, 0.15) is 11.8 Å². The molecule has 4 heteroatoms. The molecule has 1 rings (SSSR count). The van der Waals surface area contributed by atoms with E-state index in [2.05, 4.69) is 17.2 Å². The van der Waals surface area contributed by atoms with Gasteiger partial charge in [-0.25, -0.2) is 4.98 Å². The fourth-order valence-corrected chi connectivity index (χ4v) is 1.75. The molecule has 1 heterocycles. The van der Waals surface area contributed by atoms with Crippen molar-refractivity contribution in [1.82, 2.24) is 10.3 Å². The molecule has 1 aromatic rings. The molecule has 1 aromatic heterocycles. The highest BCUT2D eigenvalue weighted by Gasteiger charge is 2.17. The van der Waals surface area contributed by atoms with Crippen molar-refractivity contribution < 1.29 is 5.11 Å². The lowest BCUT2D eigenvalue weighted by Crippen LogP contribution is -2.37. The van der Waals surface area contributed by atoms with Gasteiger partial charge in [-0.2, -0.15) is 5.26 Å². The molecule has 0 aliphatic heterocycles. The summed E-state index contributed by atoms with van der Waals surface area (Å²) in [5.74, 6) is 0. The fraction of sp³-hybridized carbons (Fsp3) is 0.538. The van der Waals surface area contributed by atoms with E-state index in [-0.39, 0.29) is 0 Å². The predicted molar refractivity (Wildman–Crippen MR) is 66.2 cm³/mol. The van der Waals surface area contributed by atoms with Crippen molar-refractivity contribution >= 4 is 0 Å². The van der Waals surface area contributed by atoms with Gasteiger partial charge in [0.15, 0.2) is 0 Å². The van der Waals surface area contributed by atoms with Crippen molar-refractivity contribution in [3.05, 3.63) is 29.6 Å². The van der Waals surface area contributed by atoms with E-state index >= 15 is 0 Å². The van der Waals surface area contributed by atoms with Crippen LogP contribution in [-0.4, -0.2) is 22.2 Å². The molecule has 2 N–H and O–H groups in total. The lowest BCUT2D eigenvalue weighted by Gasteiger charge is -2.23. The Labute approximate surface area is 102 Å². The molecular weight excluding hydrogens is 214 g/mol. The van der Waals surface area contributed by atoms with Gasteiger partial charge in [0.05, 0.1) is 5.60 Å². The summed E-state index contributed by atoms with van der Waals surface area (Å²) in [6.45, 7) is 5.06. The smallest absolute Gasteiger partial charge is 0.140 e. The molecule has 0 bridgehead atoms. The van der Waals surface area contributed by atoms with Gasteiger partial charge in [-0.3, -0.25) is 0 Å². The van der Waals surface area contributed by atoms with Crippen LogP contribution in [0.4, 0.5) is 0 Å². The van der Waals surface area contributed by atoms with Crippen LogP contribution in [0.2, 0.25) is 0 Å². The minimum absolute atomic E-state index is 0.421. The van der Waals surface area contributed by atoms with Gasteiger partial charge in [0.25, 0.3) is 0 Å². The molecule has 0 aromatic carbocycles. The molecule has 0 spiro atoms. The second-order valence-electron chi connectivity index (χ2n) is 4.51. The first-order valence-corrected chi connectivity index (χ1v) is 5.85. The van der Waals surface area contributed by atoms with E-state index < -0.39 is 5.60 Å². The van der Waals surface area contributed by atoms with E-state index in [0.717, 1.165) is 18.4 Å². The summed E-state index contributed by atoms with van der Waals surface area (Å²) in [6, 6.07) is 5.62. The van der Waals surface area contributed by atoms with Crippen molar-refractivity contribution in [2.45, 2.75) is 38.8 Å². The Kier molecular flexibility index (Phi) is 5.08. The van der Waals surface area contributed by atoms with Crippen molar-refractivity contribution in [3.63, 3.8) is 0 Å². The number of nitrogens with zero attached hydrogens (tertiary/aromatic N) is 2. The third-order valence-electron chi connectivity index (χ3n) is 2.56. The third-order valence-corrected chi connectivity index (χ3v) is 2.56. The number of pyridine rings is 1. The zero-order valence-electron chi connectivity index (χ0n) is 10.4. The Balaban J connectivity index is 2.43. The standard InChI is InChI=1S/C13H19N3O/c1-3-5-13(2,17)10-15-9-11-4-6-16-12(7-11)8-14/h4,6-7,15,17H,3,5,9-10H2,1-2H3.